The normalized spacial score (nSPS) is 15.9. The third-order valence-corrected chi connectivity index (χ3v) is 1.98. The summed E-state index contributed by atoms with van der Waals surface area (Å²) in [6.07, 6.45) is -0.644. The Bertz CT molecular complexity index is 381. The second-order valence-corrected chi connectivity index (χ2v) is 2.84. The number of hydrogen-bond donors (Lipinski definition) is 0. The first-order valence-electron chi connectivity index (χ1n) is 4.08. The minimum atomic E-state index is -1.02. The van der Waals surface area contributed by atoms with Crippen molar-refractivity contribution in [2.45, 2.75) is 0 Å². The molecule has 1 aromatic rings. The molecule has 0 N–H and O–H groups in total. The highest BCUT2D eigenvalue weighted by molar-refractivity contribution is 5.89. The van der Waals surface area contributed by atoms with Crippen molar-refractivity contribution in [1.82, 2.24) is 0 Å². The first kappa shape index (κ1) is 8.93. The number of benzene rings is 1. The Morgan fingerprint density at radius 1 is 1.36 bits per heavy atom. The van der Waals surface area contributed by atoms with Crippen LogP contribution in [0, 0.1) is 11.6 Å². The molecule has 0 aliphatic carbocycles. The van der Waals surface area contributed by atoms with Crippen LogP contribution in [0.4, 0.5) is 19.3 Å². The third kappa shape index (κ3) is 1.30. The molecular weight excluding hydrogens is 192 g/mol. The molecule has 1 aliphatic heterocycles. The van der Waals surface area contributed by atoms with Crippen LogP contribution < -0.4 is 4.90 Å². The maximum absolute atomic E-state index is 13.2. The molecule has 14 heavy (non-hydrogen) atoms. The monoisotopic (exact) mass is 199 g/mol. The molecule has 1 fully saturated rings. The lowest BCUT2D eigenvalue weighted by atomic mass is 10.2. The zero-order valence-electron chi connectivity index (χ0n) is 7.17. The Labute approximate surface area is 78.9 Å². The van der Waals surface area contributed by atoms with Gasteiger partial charge in [-0.2, -0.15) is 0 Å². The van der Waals surface area contributed by atoms with Gasteiger partial charge in [0.1, 0.15) is 6.61 Å². The number of anilines is 1. The highest BCUT2D eigenvalue weighted by Crippen LogP contribution is 2.23. The quantitative estimate of drug-likeness (QED) is 0.691. The number of carbonyl (C=O) groups is 1. The summed E-state index contributed by atoms with van der Waals surface area (Å²) in [6.45, 7) is 0.452. The van der Waals surface area contributed by atoms with Gasteiger partial charge in [-0.25, -0.2) is 13.6 Å². The van der Waals surface area contributed by atoms with E-state index in [-0.39, 0.29) is 18.8 Å². The zero-order valence-corrected chi connectivity index (χ0v) is 7.17. The fraction of sp³-hybridized carbons (Fsp3) is 0.222. The SMILES string of the molecule is O=C1OCCN1c1cccc(F)c1F. The molecule has 1 amide bonds. The number of cyclic esters (lactones) is 1. The molecule has 0 radical (unpaired) electrons. The highest BCUT2D eigenvalue weighted by Gasteiger charge is 2.26. The Morgan fingerprint density at radius 3 is 2.79 bits per heavy atom. The Balaban J connectivity index is 2.41. The fourth-order valence-electron chi connectivity index (χ4n) is 1.31. The molecule has 0 spiro atoms. The molecule has 1 saturated heterocycles. The molecule has 1 aliphatic rings. The molecule has 0 aromatic heterocycles. The first-order valence-corrected chi connectivity index (χ1v) is 4.08. The molecule has 74 valence electrons. The summed E-state index contributed by atoms with van der Waals surface area (Å²) in [5, 5.41) is 0. The molecule has 0 atom stereocenters. The van der Waals surface area contributed by atoms with Crippen molar-refractivity contribution in [3.8, 4) is 0 Å². The molecule has 0 bridgehead atoms. The summed E-state index contributed by atoms with van der Waals surface area (Å²) in [7, 11) is 0. The van der Waals surface area contributed by atoms with E-state index >= 15 is 0 Å². The minimum Gasteiger partial charge on any atom is -0.447 e. The molecule has 1 heterocycles. The van der Waals surface area contributed by atoms with Crippen LogP contribution in [-0.4, -0.2) is 19.2 Å². The van der Waals surface area contributed by atoms with Crippen molar-refractivity contribution >= 4 is 11.8 Å². The topological polar surface area (TPSA) is 29.5 Å². The second-order valence-electron chi connectivity index (χ2n) is 2.84. The van der Waals surface area contributed by atoms with Crippen LogP contribution >= 0.6 is 0 Å². The Hall–Kier alpha value is -1.65. The van der Waals surface area contributed by atoms with Gasteiger partial charge in [0.2, 0.25) is 0 Å². The van der Waals surface area contributed by atoms with Crippen molar-refractivity contribution in [3.05, 3.63) is 29.8 Å². The van der Waals surface area contributed by atoms with Gasteiger partial charge in [0, 0.05) is 0 Å². The van der Waals surface area contributed by atoms with E-state index in [1.807, 2.05) is 0 Å². The van der Waals surface area contributed by atoms with Crippen LogP contribution in [0.3, 0.4) is 0 Å². The summed E-state index contributed by atoms with van der Waals surface area (Å²) in [6, 6.07) is 3.69. The lowest BCUT2D eigenvalue weighted by molar-refractivity contribution is 0.181. The lowest BCUT2D eigenvalue weighted by Crippen LogP contribution is -2.24. The number of rotatable bonds is 1. The van der Waals surface area contributed by atoms with Gasteiger partial charge in [0.25, 0.3) is 0 Å². The summed E-state index contributed by atoms with van der Waals surface area (Å²) in [5.74, 6) is -1.99. The summed E-state index contributed by atoms with van der Waals surface area (Å²) in [5.41, 5.74) is -0.0764. The maximum atomic E-state index is 13.2. The fourth-order valence-corrected chi connectivity index (χ4v) is 1.31. The average Bonchev–Trinajstić information content (AvgIpc) is 2.57. The van der Waals surface area contributed by atoms with Crippen LogP contribution in [0.2, 0.25) is 0 Å². The van der Waals surface area contributed by atoms with E-state index in [4.69, 9.17) is 0 Å². The minimum absolute atomic E-state index is 0.0764. The maximum Gasteiger partial charge on any atom is 0.414 e. The van der Waals surface area contributed by atoms with Gasteiger partial charge in [-0.1, -0.05) is 6.07 Å². The van der Waals surface area contributed by atoms with E-state index in [2.05, 4.69) is 4.74 Å². The first-order chi connectivity index (χ1) is 6.70. The van der Waals surface area contributed by atoms with Crippen LogP contribution in [0.1, 0.15) is 0 Å². The number of halogens is 2. The van der Waals surface area contributed by atoms with Crippen molar-refractivity contribution in [2.75, 3.05) is 18.1 Å². The van der Waals surface area contributed by atoms with Crippen LogP contribution in [0.25, 0.3) is 0 Å². The van der Waals surface area contributed by atoms with Gasteiger partial charge >= 0.3 is 6.09 Å². The zero-order chi connectivity index (χ0) is 10.1. The predicted molar refractivity (Wildman–Crippen MR) is 45.1 cm³/mol. The Morgan fingerprint density at radius 2 is 2.14 bits per heavy atom. The number of ether oxygens (including phenoxy) is 1. The van der Waals surface area contributed by atoms with E-state index in [1.165, 1.54) is 12.1 Å². The van der Waals surface area contributed by atoms with Crippen LogP contribution in [0.15, 0.2) is 18.2 Å². The van der Waals surface area contributed by atoms with Gasteiger partial charge in [-0.3, -0.25) is 4.90 Å². The van der Waals surface area contributed by atoms with Crippen molar-refractivity contribution < 1.29 is 18.3 Å². The number of amides is 1. The van der Waals surface area contributed by atoms with Crippen molar-refractivity contribution in [3.63, 3.8) is 0 Å². The van der Waals surface area contributed by atoms with E-state index < -0.39 is 17.7 Å². The van der Waals surface area contributed by atoms with E-state index in [9.17, 15) is 13.6 Å². The summed E-state index contributed by atoms with van der Waals surface area (Å²) in [4.78, 5) is 12.1. The number of nitrogens with zero attached hydrogens (tertiary/aromatic N) is 1. The average molecular weight is 199 g/mol. The summed E-state index contributed by atoms with van der Waals surface area (Å²) >= 11 is 0. The predicted octanol–water partition coefficient (Wildman–Crippen LogP) is 1.92. The Kier molecular flexibility index (Phi) is 2.07. The molecule has 5 heteroatoms. The smallest absolute Gasteiger partial charge is 0.414 e. The van der Waals surface area contributed by atoms with Crippen LogP contribution in [0.5, 0.6) is 0 Å². The van der Waals surface area contributed by atoms with Gasteiger partial charge in [0.05, 0.1) is 12.2 Å². The molecule has 0 unspecified atom stereocenters. The summed E-state index contributed by atoms with van der Waals surface area (Å²) < 4.78 is 30.6. The highest BCUT2D eigenvalue weighted by atomic mass is 19.2. The van der Waals surface area contributed by atoms with E-state index in [1.54, 1.807) is 0 Å². The second kappa shape index (κ2) is 3.25. The largest absolute Gasteiger partial charge is 0.447 e. The number of hydrogen-bond acceptors (Lipinski definition) is 2. The van der Waals surface area contributed by atoms with Gasteiger partial charge in [-0.05, 0) is 12.1 Å². The third-order valence-electron chi connectivity index (χ3n) is 1.98. The van der Waals surface area contributed by atoms with Crippen molar-refractivity contribution in [1.29, 1.82) is 0 Å². The molecule has 2 rings (SSSR count). The number of carbonyl (C=O) groups excluding carboxylic acids is 1. The van der Waals surface area contributed by atoms with Gasteiger partial charge in [0.15, 0.2) is 11.6 Å². The van der Waals surface area contributed by atoms with E-state index in [0.717, 1.165) is 11.0 Å². The van der Waals surface area contributed by atoms with E-state index in [0.29, 0.717) is 0 Å². The van der Waals surface area contributed by atoms with Gasteiger partial charge < -0.3 is 4.74 Å². The molecule has 3 nitrogen and oxygen atoms in total. The standard InChI is InChI=1S/C9H7F2NO2/c10-6-2-1-3-7(8(6)11)12-4-5-14-9(12)13/h1-3H,4-5H2. The lowest BCUT2D eigenvalue weighted by Gasteiger charge is -2.13. The van der Waals surface area contributed by atoms with Crippen LogP contribution in [-0.2, 0) is 4.74 Å². The molecule has 1 aromatic carbocycles. The van der Waals surface area contributed by atoms with Crippen molar-refractivity contribution in [2.24, 2.45) is 0 Å². The molecular formula is C9H7F2NO2. The molecule has 0 saturated carbocycles. The van der Waals surface area contributed by atoms with Gasteiger partial charge in [-0.15, -0.1) is 0 Å².